The lowest BCUT2D eigenvalue weighted by atomic mass is 9.98. The van der Waals surface area contributed by atoms with Gasteiger partial charge in [0.05, 0.1) is 19.1 Å². The summed E-state index contributed by atoms with van der Waals surface area (Å²) < 4.78 is 10.9. The van der Waals surface area contributed by atoms with Crippen molar-refractivity contribution in [1.82, 2.24) is 10.2 Å². The van der Waals surface area contributed by atoms with Crippen LogP contribution in [0.2, 0.25) is 0 Å². The molecule has 1 aromatic rings. The summed E-state index contributed by atoms with van der Waals surface area (Å²) in [6.45, 7) is 8.44. The van der Waals surface area contributed by atoms with Crippen molar-refractivity contribution in [1.29, 1.82) is 0 Å². The second-order valence-corrected chi connectivity index (χ2v) is 6.69. The highest BCUT2D eigenvalue weighted by Crippen LogP contribution is 2.22. The third-order valence-corrected chi connectivity index (χ3v) is 4.58. The summed E-state index contributed by atoms with van der Waals surface area (Å²) in [5.41, 5.74) is 2.24. The molecule has 2 rings (SSSR count). The van der Waals surface area contributed by atoms with Crippen molar-refractivity contribution in [2.24, 2.45) is 5.92 Å². The number of piperidine rings is 1. The van der Waals surface area contributed by atoms with E-state index in [1.165, 1.54) is 0 Å². The normalized spacial score (nSPS) is 16.9. The number of para-hydroxylation sites is 1. The Kier molecular flexibility index (Phi) is 7.75. The minimum atomic E-state index is -0.207. The van der Waals surface area contributed by atoms with E-state index >= 15 is 0 Å². The zero-order valence-corrected chi connectivity index (χ0v) is 16.0. The van der Waals surface area contributed by atoms with Crippen LogP contribution in [0.5, 0.6) is 5.75 Å². The molecule has 0 aliphatic carbocycles. The fourth-order valence-electron chi connectivity index (χ4n) is 3.19. The Morgan fingerprint density at radius 3 is 2.69 bits per heavy atom. The van der Waals surface area contributed by atoms with Crippen molar-refractivity contribution in [3.8, 4) is 5.75 Å². The second-order valence-electron chi connectivity index (χ2n) is 6.69. The van der Waals surface area contributed by atoms with Crippen molar-refractivity contribution >= 4 is 12.0 Å². The lowest BCUT2D eigenvalue weighted by Crippen LogP contribution is -2.47. The molecule has 1 atom stereocenters. The Morgan fingerprint density at radius 2 is 2.00 bits per heavy atom. The van der Waals surface area contributed by atoms with Crippen LogP contribution in [0.3, 0.4) is 0 Å². The third-order valence-electron chi connectivity index (χ3n) is 4.58. The predicted molar refractivity (Wildman–Crippen MR) is 100 cm³/mol. The maximum absolute atomic E-state index is 12.3. The maximum atomic E-state index is 12.3. The first-order valence-electron chi connectivity index (χ1n) is 9.41. The number of amides is 2. The molecule has 144 valence electrons. The number of hydrogen-bond acceptors (Lipinski definition) is 4. The molecule has 2 amide bonds. The van der Waals surface area contributed by atoms with Crippen LogP contribution >= 0.6 is 0 Å². The molecule has 0 bridgehead atoms. The molecule has 0 aromatic heterocycles. The van der Waals surface area contributed by atoms with Crippen LogP contribution in [-0.2, 0) is 9.53 Å². The summed E-state index contributed by atoms with van der Waals surface area (Å²) in [6.07, 6.45) is 2.34. The molecule has 1 saturated heterocycles. The van der Waals surface area contributed by atoms with E-state index in [0.29, 0.717) is 32.8 Å². The predicted octanol–water partition coefficient (Wildman–Crippen LogP) is 3.06. The number of rotatable bonds is 7. The first-order valence-corrected chi connectivity index (χ1v) is 9.41. The minimum Gasteiger partial charge on any atom is -0.493 e. The van der Waals surface area contributed by atoms with Gasteiger partial charge in [-0.25, -0.2) is 4.79 Å². The molecule has 1 aromatic carbocycles. The largest absolute Gasteiger partial charge is 0.493 e. The number of esters is 1. The molecule has 1 heterocycles. The van der Waals surface area contributed by atoms with E-state index in [9.17, 15) is 9.59 Å². The van der Waals surface area contributed by atoms with Crippen molar-refractivity contribution in [3.63, 3.8) is 0 Å². The number of benzene rings is 1. The van der Waals surface area contributed by atoms with Gasteiger partial charge in [0, 0.05) is 19.6 Å². The summed E-state index contributed by atoms with van der Waals surface area (Å²) in [4.78, 5) is 25.9. The zero-order chi connectivity index (χ0) is 18.9. The van der Waals surface area contributed by atoms with Gasteiger partial charge in [-0.1, -0.05) is 18.2 Å². The molecule has 1 N–H and O–H groups in total. The van der Waals surface area contributed by atoms with E-state index in [-0.39, 0.29) is 17.9 Å². The van der Waals surface area contributed by atoms with Crippen LogP contribution in [-0.4, -0.2) is 49.7 Å². The van der Waals surface area contributed by atoms with Gasteiger partial charge in [-0.3, -0.25) is 4.79 Å². The van der Waals surface area contributed by atoms with Gasteiger partial charge in [0.1, 0.15) is 5.75 Å². The number of urea groups is 1. The highest BCUT2D eigenvalue weighted by Gasteiger charge is 2.29. The first-order chi connectivity index (χ1) is 12.5. The van der Waals surface area contributed by atoms with E-state index in [1.54, 1.807) is 11.8 Å². The van der Waals surface area contributed by atoms with Gasteiger partial charge in [0.2, 0.25) is 0 Å². The zero-order valence-electron chi connectivity index (χ0n) is 16.0. The standard InChI is InChI=1S/C20H30N2O4/c1-4-25-19(23)17-10-6-12-22(14-17)20(24)21-11-7-13-26-18-15(2)8-5-9-16(18)3/h5,8-9,17H,4,6-7,10-14H2,1-3H3,(H,21,24). The Morgan fingerprint density at radius 1 is 1.27 bits per heavy atom. The van der Waals surface area contributed by atoms with Crippen LogP contribution < -0.4 is 10.1 Å². The average molecular weight is 362 g/mol. The molecule has 1 aliphatic heterocycles. The monoisotopic (exact) mass is 362 g/mol. The van der Waals surface area contributed by atoms with Crippen molar-refractivity contribution < 1.29 is 19.1 Å². The van der Waals surface area contributed by atoms with Crippen molar-refractivity contribution in [2.75, 3.05) is 32.8 Å². The molecular weight excluding hydrogens is 332 g/mol. The number of hydrogen-bond donors (Lipinski definition) is 1. The maximum Gasteiger partial charge on any atom is 0.317 e. The van der Waals surface area contributed by atoms with Crippen LogP contribution in [0.25, 0.3) is 0 Å². The van der Waals surface area contributed by atoms with E-state index in [0.717, 1.165) is 36.1 Å². The van der Waals surface area contributed by atoms with Gasteiger partial charge in [0.15, 0.2) is 0 Å². The highest BCUT2D eigenvalue weighted by molar-refractivity contribution is 5.77. The Hall–Kier alpha value is -2.24. The molecule has 0 spiro atoms. The molecule has 6 heteroatoms. The molecular formula is C20H30N2O4. The fourth-order valence-corrected chi connectivity index (χ4v) is 3.19. The SMILES string of the molecule is CCOC(=O)C1CCCN(C(=O)NCCCOc2c(C)cccc2C)C1. The smallest absolute Gasteiger partial charge is 0.317 e. The van der Waals surface area contributed by atoms with Crippen molar-refractivity contribution in [3.05, 3.63) is 29.3 Å². The van der Waals surface area contributed by atoms with Crippen LogP contribution in [0.15, 0.2) is 18.2 Å². The number of nitrogens with one attached hydrogen (secondary N) is 1. The lowest BCUT2D eigenvalue weighted by Gasteiger charge is -2.31. The van der Waals surface area contributed by atoms with Gasteiger partial charge < -0.3 is 19.7 Å². The molecule has 1 unspecified atom stereocenters. The number of ether oxygens (including phenoxy) is 2. The number of carbonyl (C=O) groups excluding carboxylic acids is 2. The first kappa shape index (κ1) is 20.1. The topological polar surface area (TPSA) is 67.9 Å². The molecule has 26 heavy (non-hydrogen) atoms. The molecule has 1 aliphatic rings. The second kappa shape index (κ2) is 10.0. The summed E-state index contributed by atoms with van der Waals surface area (Å²) in [6, 6.07) is 5.95. The molecule has 0 saturated carbocycles. The van der Waals surface area contributed by atoms with Gasteiger partial charge in [0.25, 0.3) is 0 Å². The summed E-state index contributed by atoms with van der Waals surface area (Å²) in [7, 11) is 0. The lowest BCUT2D eigenvalue weighted by molar-refractivity contribution is -0.149. The van der Waals surface area contributed by atoms with Gasteiger partial charge in [-0.15, -0.1) is 0 Å². The highest BCUT2D eigenvalue weighted by atomic mass is 16.5. The van der Waals surface area contributed by atoms with Gasteiger partial charge >= 0.3 is 12.0 Å². The number of likely N-dealkylation sites (tertiary alicyclic amines) is 1. The summed E-state index contributed by atoms with van der Waals surface area (Å²) in [5.74, 6) is 0.515. The van der Waals surface area contributed by atoms with Gasteiger partial charge in [-0.05, 0) is 51.2 Å². The van der Waals surface area contributed by atoms with Crippen LogP contribution in [0, 0.1) is 19.8 Å². The van der Waals surface area contributed by atoms with E-state index in [2.05, 4.69) is 5.32 Å². The number of aryl methyl sites for hydroxylation is 2. The summed E-state index contributed by atoms with van der Waals surface area (Å²) in [5, 5.41) is 2.91. The van der Waals surface area contributed by atoms with Crippen LogP contribution in [0.4, 0.5) is 4.79 Å². The Bertz CT molecular complexity index is 598. The third kappa shape index (κ3) is 5.64. The molecule has 6 nitrogen and oxygen atoms in total. The molecule has 1 fully saturated rings. The van der Waals surface area contributed by atoms with E-state index < -0.39 is 0 Å². The Balaban J connectivity index is 1.69. The molecule has 0 radical (unpaired) electrons. The minimum absolute atomic E-state index is 0.119. The Labute approximate surface area is 155 Å². The fraction of sp³-hybridized carbons (Fsp3) is 0.600. The van der Waals surface area contributed by atoms with Crippen LogP contribution in [0.1, 0.15) is 37.3 Å². The summed E-state index contributed by atoms with van der Waals surface area (Å²) >= 11 is 0. The van der Waals surface area contributed by atoms with E-state index in [1.807, 2.05) is 32.0 Å². The number of carbonyl (C=O) groups is 2. The quantitative estimate of drug-likeness (QED) is 0.598. The average Bonchev–Trinajstić information content (AvgIpc) is 2.63. The number of nitrogens with zero attached hydrogens (tertiary/aromatic N) is 1. The van der Waals surface area contributed by atoms with E-state index in [4.69, 9.17) is 9.47 Å². The van der Waals surface area contributed by atoms with Gasteiger partial charge in [-0.2, -0.15) is 0 Å². The van der Waals surface area contributed by atoms with Crippen molar-refractivity contribution in [2.45, 2.75) is 40.0 Å².